The number of hydrogen-bond donors (Lipinski definition) is 1. The van der Waals surface area contributed by atoms with E-state index in [1.807, 2.05) is 19.2 Å². The van der Waals surface area contributed by atoms with Gasteiger partial charge in [0.1, 0.15) is 5.82 Å². The summed E-state index contributed by atoms with van der Waals surface area (Å²) in [6.07, 6.45) is 2.81. The molecule has 1 aromatic rings. The zero-order valence-electron chi connectivity index (χ0n) is 11.5. The molecule has 2 heterocycles. The van der Waals surface area contributed by atoms with Gasteiger partial charge < -0.3 is 10.1 Å². The minimum atomic E-state index is -0.0250. The molecule has 0 radical (unpaired) electrons. The van der Waals surface area contributed by atoms with Crippen LogP contribution in [0, 0.1) is 0 Å². The Hall–Kier alpha value is -1.27. The maximum atomic E-state index is 12.0. The van der Waals surface area contributed by atoms with Gasteiger partial charge in [-0.05, 0) is 25.7 Å². The summed E-state index contributed by atoms with van der Waals surface area (Å²) in [7, 11) is 1.67. The van der Waals surface area contributed by atoms with E-state index in [0.29, 0.717) is 13.2 Å². The van der Waals surface area contributed by atoms with Gasteiger partial charge in [-0.3, -0.25) is 14.4 Å². The van der Waals surface area contributed by atoms with Crippen LogP contribution < -0.4 is 10.9 Å². The molecule has 2 rings (SSSR count). The van der Waals surface area contributed by atoms with Crippen LogP contribution in [0.1, 0.15) is 18.9 Å². The molecule has 0 spiro atoms. The lowest BCUT2D eigenvalue weighted by molar-refractivity contribution is 0.190. The number of hydrogen-bond acceptors (Lipinski definition) is 5. The first kappa shape index (κ1) is 14.1. The van der Waals surface area contributed by atoms with Crippen LogP contribution in [-0.4, -0.2) is 35.7 Å². The fourth-order valence-electron chi connectivity index (χ4n) is 2.12. The lowest BCUT2D eigenvalue weighted by Gasteiger charge is -2.26. The molecule has 104 valence electrons. The first-order valence-corrected chi connectivity index (χ1v) is 7.53. The zero-order valence-corrected chi connectivity index (χ0v) is 12.3. The molecule has 19 heavy (non-hydrogen) atoms. The number of aromatic nitrogens is 1. The van der Waals surface area contributed by atoms with Gasteiger partial charge in [-0.25, -0.2) is 0 Å². The summed E-state index contributed by atoms with van der Waals surface area (Å²) in [6, 6.07) is 3.44. The van der Waals surface area contributed by atoms with Crippen LogP contribution in [-0.2, 0) is 11.3 Å². The van der Waals surface area contributed by atoms with E-state index in [0.717, 1.165) is 23.5 Å². The third kappa shape index (κ3) is 3.01. The largest absolute Gasteiger partial charge is 0.385 e. The summed E-state index contributed by atoms with van der Waals surface area (Å²) in [6.45, 7) is 3.28. The second-order valence-electron chi connectivity index (χ2n) is 4.38. The Balaban J connectivity index is 2.37. The Bertz CT molecular complexity index is 539. The van der Waals surface area contributed by atoms with Gasteiger partial charge in [0.25, 0.3) is 5.56 Å². The minimum absolute atomic E-state index is 0.0110. The molecular weight excluding hydrogens is 262 g/mol. The average molecular weight is 281 g/mol. The highest BCUT2D eigenvalue weighted by atomic mass is 32.2. The molecule has 1 N–H and O–H groups in total. The van der Waals surface area contributed by atoms with E-state index >= 15 is 0 Å². The molecule has 1 aromatic heterocycles. The standard InChI is InChI=1S/C13H19N3O2S/c1-9-10-5-6-11(17)16(7-4-8-18-2)12(10)15-13(14-9)19-3/h5-6,13,15H,4,7-8H2,1-3H3. The Morgan fingerprint density at radius 2 is 2.32 bits per heavy atom. The van der Waals surface area contributed by atoms with Crippen LogP contribution in [0.25, 0.3) is 0 Å². The van der Waals surface area contributed by atoms with Crippen molar-refractivity contribution in [1.29, 1.82) is 0 Å². The molecule has 0 aromatic carbocycles. The predicted octanol–water partition coefficient (Wildman–Crippen LogP) is 1.77. The fraction of sp³-hybridized carbons (Fsp3) is 0.538. The summed E-state index contributed by atoms with van der Waals surface area (Å²) >= 11 is 1.62. The van der Waals surface area contributed by atoms with E-state index in [9.17, 15) is 4.79 Å². The van der Waals surface area contributed by atoms with Gasteiger partial charge in [0.2, 0.25) is 0 Å². The summed E-state index contributed by atoms with van der Waals surface area (Å²) in [5.41, 5.74) is 1.95. The molecule has 1 aliphatic heterocycles. The number of thioether (sulfide) groups is 1. The van der Waals surface area contributed by atoms with E-state index in [2.05, 4.69) is 10.3 Å². The summed E-state index contributed by atoms with van der Waals surface area (Å²) in [4.78, 5) is 16.6. The smallest absolute Gasteiger partial charge is 0.252 e. The highest BCUT2D eigenvalue weighted by molar-refractivity contribution is 7.99. The average Bonchev–Trinajstić information content (AvgIpc) is 2.41. The van der Waals surface area contributed by atoms with Crippen molar-refractivity contribution < 1.29 is 4.74 Å². The van der Waals surface area contributed by atoms with Crippen LogP contribution in [0.15, 0.2) is 21.9 Å². The number of nitrogens with one attached hydrogen (secondary N) is 1. The van der Waals surface area contributed by atoms with Gasteiger partial charge in [-0.2, -0.15) is 0 Å². The van der Waals surface area contributed by atoms with Crippen molar-refractivity contribution in [3.63, 3.8) is 0 Å². The highest BCUT2D eigenvalue weighted by Gasteiger charge is 2.20. The van der Waals surface area contributed by atoms with Gasteiger partial charge >= 0.3 is 0 Å². The number of methoxy groups -OCH3 is 1. The first-order chi connectivity index (χ1) is 9.17. The van der Waals surface area contributed by atoms with Gasteiger partial charge in [0.15, 0.2) is 5.50 Å². The third-order valence-corrected chi connectivity index (χ3v) is 3.77. The third-order valence-electron chi connectivity index (χ3n) is 3.10. The van der Waals surface area contributed by atoms with Gasteiger partial charge in [-0.1, -0.05) is 0 Å². The van der Waals surface area contributed by atoms with Crippen LogP contribution in [0.4, 0.5) is 5.82 Å². The maximum Gasteiger partial charge on any atom is 0.252 e. The van der Waals surface area contributed by atoms with E-state index in [1.165, 1.54) is 0 Å². The van der Waals surface area contributed by atoms with Crippen molar-refractivity contribution >= 4 is 23.3 Å². The van der Waals surface area contributed by atoms with E-state index < -0.39 is 0 Å². The van der Waals surface area contributed by atoms with Gasteiger partial charge in [0, 0.05) is 37.6 Å². The monoisotopic (exact) mass is 281 g/mol. The molecule has 1 unspecified atom stereocenters. The van der Waals surface area contributed by atoms with Crippen LogP contribution in [0.3, 0.4) is 0 Å². The summed E-state index contributed by atoms with van der Waals surface area (Å²) in [5.74, 6) is 0.871. The van der Waals surface area contributed by atoms with Crippen molar-refractivity contribution in [2.75, 3.05) is 25.3 Å². The Kier molecular flexibility index (Phi) is 4.66. The van der Waals surface area contributed by atoms with E-state index in [1.54, 1.807) is 29.5 Å². The van der Waals surface area contributed by atoms with Crippen molar-refractivity contribution in [1.82, 2.24) is 4.57 Å². The maximum absolute atomic E-state index is 12.0. The highest BCUT2D eigenvalue weighted by Crippen LogP contribution is 2.24. The molecule has 0 aliphatic carbocycles. The summed E-state index contributed by atoms with van der Waals surface area (Å²) in [5, 5.41) is 3.31. The Labute approximate surface area is 117 Å². The molecule has 0 bridgehead atoms. The van der Waals surface area contributed by atoms with E-state index in [-0.39, 0.29) is 11.1 Å². The number of ether oxygens (including phenoxy) is 1. The van der Waals surface area contributed by atoms with Crippen molar-refractivity contribution in [2.24, 2.45) is 4.99 Å². The molecule has 0 saturated carbocycles. The van der Waals surface area contributed by atoms with Crippen molar-refractivity contribution in [3.05, 3.63) is 28.0 Å². The topological polar surface area (TPSA) is 55.6 Å². The van der Waals surface area contributed by atoms with Gasteiger partial charge in [0.05, 0.1) is 0 Å². The molecular formula is C13H19N3O2S. The van der Waals surface area contributed by atoms with Gasteiger partial charge in [-0.15, -0.1) is 11.8 Å². The zero-order chi connectivity index (χ0) is 13.8. The molecule has 6 heteroatoms. The van der Waals surface area contributed by atoms with Crippen LogP contribution in [0.5, 0.6) is 0 Å². The second-order valence-corrected chi connectivity index (χ2v) is 5.30. The molecule has 1 aliphatic rings. The van der Waals surface area contributed by atoms with Crippen LogP contribution in [0.2, 0.25) is 0 Å². The molecule has 1 atom stereocenters. The number of nitrogens with zero attached hydrogens (tertiary/aromatic N) is 2. The summed E-state index contributed by atoms with van der Waals surface area (Å²) < 4.78 is 6.82. The Morgan fingerprint density at radius 3 is 3.00 bits per heavy atom. The number of anilines is 1. The Morgan fingerprint density at radius 1 is 1.53 bits per heavy atom. The number of aliphatic imine (C=N–C) groups is 1. The van der Waals surface area contributed by atoms with Crippen molar-refractivity contribution in [2.45, 2.75) is 25.4 Å². The van der Waals surface area contributed by atoms with Crippen molar-refractivity contribution in [3.8, 4) is 0 Å². The predicted molar refractivity (Wildman–Crippen MR) is 80.3 cm³/mol. The lowest BCUT2D eigenvalue weighted by atomic mass is 10.1. The fourth-order valence-corrected chi connectivity index (χ4v) is 2.62. The lowest BCUT2D eigenvalue weighted by Crippen LogP contribution is -2.31. The van der Waals surface area contributed by atoms with Crippen LogP contribution >= 0.6 is 11.8 Å². The SMILES string of the molecule is COCCCn1c2c(ccc1=O)C(C)=NC(SC)N2. The quantitative estimate of drug-likeness (QED) is 0.836. The molecule has 0 fully saturated rings. The first-order valence-electron chi connectivity index (χ1n) is 6.24. The molecule has 0 amide bonds. The normalized spacial score (nSPS) is 17.6. The number of fused-ring (bicyclic) bond motifs is 1. The second kappa shape index (κ2) is 6.25. The number of rotatable bonds is 5. The molecule has 0 saturated heterocycles. The molecule has 5 nitrogen and oxygen atoms in total. The minimum Gasteiger partial charge on any atom is -0.385 e. The number of pyridine rings is 1. The van der Waals surface area contributed by atoms with E-state index in [4.69, 9.17) is 4.74 Å².